The standard InChI is InChI=1S/C27H17N5O3S/c1-36-17-10-8-15(9-11-17)20-21-23(18-6-2-3-7-19(18)34-27(21)33)35-26-22(20)25-30-24(31-32(25)14-29-26)16-5-4-12-28-13-16/h2-14,20H,1H3. The summed E-state index contributed by atoms with van der Waals surface area (Å²) in [6.45, 7) is 0. The van der Waals surface area contributed by atoms with Crippen LogP contribution in [-0.4, -0.2) is 30.8 Å². The van der Waals surface area contributed by atoms with Crippen molar-refractivity contribution in [3.05, 3.63) is 106 Å². The number of benzene rings is 2. The van der Waals surface area contributed by atoms with Gasteiger partial charge in [0.25, 0.3) is 0 Å². The second-order valence-electron chi connectivity index (χ2n) is 8.35. The van der Waals surface area contributed by atoms with E-state index < -0.39 is 11.5 Å². The summed E-state index contributed by atoms with van der Waals surface area (Å²) >= 11 is 1.65. The molecule has 0 N–H and O–H groups in total. The molecule has 0 radical (unpaired) electrons. The van der Waals surface area contributed by atoms with Gasteiger partial charge in [-0.15, -0.1) is 16.9 Å². The van der Waals surface area contributed by atoms with Gasteiger partial charge in [-0.05, 0) is 48.2 Å². The molecule has 0 saturated carbocycles. The number of thioether (sulfide) groups is 1. The first-order valence-corrected chi connectivity index (χ1v) is 12.5. The van der Waals surface area contributed by atoms with Crippen molar-refractivity contribution < 1.29 is 9.15 Å². The number of nitrogens with zero attached hydrogens (tertiary/aromatic N) is 5. The van der Waals surface area contributed by atoms with Gasteiger partial charge < -0.3 is 9.15 Å². The van der Waals surface area contributed by atoms with Crippen LogP contribution in [0.25, 0.3) is 28.0 Å². The van der Waals surface area contributed by atoms with Gasteiger partial charge in [0.2, 0.25) is 5.88 Å². The average molecular weight is 492 g/mol. The molecule has 4 aromatic heterocycles. The maximum Gasteiger partial charge on any atom is 0.344 e. The SMILES string of the molecule is CSc1ccc(C2c3c(c4ccccc4oc3=O)Oc3ncn4nc(-c5cccnc5)nc4c32)cc1. The van der Waals surface area contributed by atoms with Crippen LogP contribution in [0.3, 0.4) is 0 Å². The van der Waals surface area contributed by atoms with E-state index in [1.807, 2.05) is 60.9 Å². The lowest BCUT2D eigenvalue weighted by molar-refractivity contribution is 0.422. The molecule has 0 bridgehead atoms. The van der Waals surface area contributed by atoms with Crippen LogP contribution in [0.4, 0.5) is 0 Å². The lowest BCUT2D eigenvalue weighted by Gasteiger charge is -2.27. The van der Waals surface area contributed by atoms with Crippen LogP contribution < -0.4 is 10.4 Å². The minimum atomic E-state index is -0.511. The van der Waals surface area contributed by atoms with Crippen LogP contribution in [0.1, 0.15) is 22.6 Å². The zero-order valence-corrected chi connectivity index (χ0v) is 19.8. The molecule has 9 heteroatoms. The summed E-state index contributed by atoms with van der Waals surface area (Å²) in [5.74, 6) is 0.834. The summed E-state index contributed by atoms with van der Waals surface area (Å²) in [6.07, 6.45) is 7.01. The molecule has 1 atom stereocenters. The summed E-state index contributed by atoms with van der Waals surface area (Å²) in [5.41, 5.74) is 3.31. The van der Waals surface area contributed by atoms with E-state index >= 15 is 0 Å². The third-order valence-corrected chi connectivity index (χ3v) is 7.07. The van der Waals surface area contributed by atoms with E-state index in [4.69, 9.17) is 14.1 Å². The summed E-state index contributed by atoms with van der Waals surface area (Å²) < 4.78 is 13.7. The van der Waals surface area contributed by atoms with Crippen LogP contribution in [0.15, 0.2) is 93.5 Å². The van der Waals surface area contributed by atoms with Gasteiger partial charge in [0.15, 0.2) is 17.2 Å². The van der Waals surface area contributed by atoms with Gasteiger partial charge in [0.05, 0.1) is 22.4 Å². The normalized spacial score (nSPS) is 14.4. The number of pyridine rings is 1. The van der Waals surface area contributed by atoms with Crippen molar-refractivity contribution in [2.75, 3.05) is 6.26 Å². The molecular formula is C27H17N5O3S. The largest absolute Gasteiger partial charge is 0.437 e. The number of para-hydroxylation sites is 1. The lowest BCUT2D eigenvalue weighted by Crippen LogP contribution is -2.22. The highest BCUT2D eigenvalue weighted by Gasteiger charge is 2.37. The quantitative estimate of drug-likeness (QED) is 0.243. The number of ether oxygens (including phenoxy) is 1. The summed E-state index contributed by atoms with van der Waals surface area (Å²) in [7, 11) is 0. The topological polar surface area (TPSA) is 95.4 Å². The van der Waals surface area contributed by atoms with Gasteiger partial charge in [-0.25, -0.2) is 19.3 Å². The average Bonchev–Trinajstić information content (AvgIpc) is 3.37. The predicted molar refractivity (Wildman–Crippen MR) is 136 cm³/mol. The summed E-state index contributed by atoms with van der Waals surface area (Å²) in [5, 5.41) is 5.33. The lowest BCUT2D eigenvalue weighted by atomic mass is 9.84. The second kappa shape index (κ2) is 8.03. The molecule has 8 nitrogen and oxygen atoms in total. The van der Waals surface area contributed by atoms with Gasteiger partial charge in [-0.3, -0.25) is 4.98 Å². The van der Waals surface area contributed by atoms with Gasteiger partial charge in [-0.1, -0.05) is 24.3 Å². The zero-order chi connectivity index (χ0) is 24.2. The molecule has 0 amide bonds. The third kappa shape index (κ3) is 3.13. The number of hydrogen-bond donors (Lipinski definition) is 0. The number of aromatic nitrogens is 5. The first-order valence-electron chi connectivity index (χ1n) is 11.2. The predicted octanol–water partition coefficient (Wildman–Crippen LogP) is 5.30. The molecule has 1 aliphatic rings. The molecule has 6 aromatic rings. The van der Waals surface area contributed by atoms with Gasteiger partial charge >= 0.3 is 5.63 Å². The molecule has 0 fully saturated rings. The Morgan fingerprint density at radius 2 is 1.86 bits per heavy atom. The Morgan fingerprint density at radius 3 is 2.67 bits per heavy atom. The van der Waals surface area contributed by atoms with Gasteiger partial charge in [0.1, 0.15) is 11.9 Å². The monoisotopic (exact) mass is 491 g/mol. The Labute approximate surface area is 208 Å². The molecular weight excluding hydrogens is 474 g/mol. The Hall–Kier alpha value is -4.50. The number of rotatable bonds is 3. The Balaban J connectivity index is 1.54. The molecule has 36 heavy (non-hydrogen) atoms. The minimum Gasteiger partial charge on any atom is -0.437 e. The maximum absolute atomic E-state index is 13.4. The highest BCUT2D eigenvalue weighted by atomic mass is 32.2. The van der Waals surface area contributed by atoms with Crippen LogP contribution in [0.5, 0.6) is 11.6 Å². The van der Waals surface area contributed by atoms with Crippen molar-refractivity contribution in [1.29, 1.82) is 0 Å². The van der Waals surface area contributed by atoms with Crippen LogP contribution in [0.2, 0.25) is 0 Å². The molecule has 0 aliphatic carbocycles. The molecule has 5 heterocycles. The van der Waals surface area contributed by atoms with Crippen LogP contribution >= 0.6 is 11.8 Å². The molecule has 1 aliphatic heterocycles. The number of hydrogen-bond acceptors (Lipinski definition) is 8. The van der Waals surface area contributed by atoms with E-state index in [2.05, 4.69) is 15.1 Å². The minimum absolute atomic E-state index is 0.384. The first kappa shape index (κ1) is 20.8. The van der Waals surface area contributed by atoms with Crippen molar-refractivity contribution in [2.45, 2.75) is 10.8 Å². The number of fused-ring (bicyclic) bond motifs is 6. The van der Waals surface area contributed by atoms with E-state index in [-0.39, 0.29) is 0 Å². The summed E-state index contributed by atoms with van der Waals surface area (Å²) in [4.78, 5) is 28.1. The summed E-state index contributed by atoms with van der Waals surface area (Å²) in [6, 6.07) is 19.2. The fraction of sp³-hybridized carbons (Fsp3) is 0.0741. The Bertz CT molecular complexity index is 1830. The molecule has 1 unspecified atom stereocenters. The van der Waals surface area contributed by atoms with Crippen molar-refractivity contribution in [3.63, 3.8) is 0 Å². The molecule has 0 saturated heterocycles. The molecule has 174 valence electrons. The van der Waals surface area contributed by atoms with Crippen LogP contribution in [-0.2, 0) is 0 Å². The zero-order valence-electron chi connectivity index (χ0n) is 19.0. The van der Waals surface area contributed by atoms with Gasteiger partial charge in [0, 0.05) is 22.9 Å². The van der Waals surface area contributed by atoms with E-state index in [0.29, 0.717) is 45.2 Å². The highest BCUT2D eigenvalue weighted by Crippen LogP contribution is 2.48. The van der Waals surface area contributed by atoms with E-state index in [1.165, 1.54) is 0 Å². The van der Waals surface area contributed by atoms with Gasteiger partial charge in [-0.2, -0.15) is 0 Å². The van der Waals surface area contributed by atoms with E-state index in [0.717, 1.165) is 16.0 Å². The second-order valence-corrected chi connectivity index (χ2v) is 9.23. The van der Waals surface area contributed by atoms with E-state index in [9.17, 15) is 4.79 Å². The first-order chi connectivity index (χ1) is 17.7. The Kier molecular flexibility index (Phi) is 4.65. The smallest absolute Gasteiger partial charge is 0.344 e. The van der Waals surface area contributed by atoms with Crippen molar-refractivity contribution >= 4 is 28.4 Å². The third-order valence-electron chi connectivity index (χ3n) is 6.33. The molecule has 2 aromatic carbocycles. The van der Waals surface area contributed by atoms with Crippen molar-refractivity contribution in [1.82, 2.24) is 24.6 Å². The molecule has 7 rings (SSSR count). The fourth-order valence-corrected chi connectivity index (χ4v) is 5.08. The van der Waals surface area contributed by atoms with E-state index in [1.54, 1.807) is 41.1 Å². The maximum atomic E-state index is 13.4. The van der Waals surface area contributed by atoms with Crippen LogP contribution in [0, 0.1) is 0 Å². The van der Waals surface area contributed by atoms with Crippen molar-refractivity contribution in [2.24, 2.45) is 0 Å². The highest BCUT2D eigenvalue weighted by molar-refractivity contribution is 7.98. The molecule has 0 spiro atoms. The van der Waals surface area contributed by atoms with Crippen molar-refractivity contribution in [3.8, 4) is 23.0 Å². The Morgan fingerprint density at radius 1 is 1.00 bits per heavy atom. The fourth-order valence-electron chi connectivity index (χ4n) is 4.68.